The number of nitrogens with zero attached hydrogens (tertiary/aromatic N) is 1. The molecule has 2 aromatic rings. The van der Waals surface area contributed by atoms with Gasteiger partial charge in [0.2, 0.25) is 11.8 Å². The van der Waals surface area contributed by atoms with Gasteiger partial charge >= 0.3 is 0 Å². The average Bonchev–Trinajstić information content (AvgIpc) is 3.03. The minimum atomic E-state index is -0.317. The van der Waals surface area contributed by atoms with Gasteiger partial charge in [-0.2, -0.15) is 0 Å². The Morgan fingerprint density at radius 3 is 2.64 bits per heavy atom. The van der Waals surface area contributed by atoms with Crippen LogP contribution in [0.3, 0.4) is 0 Å². The zero-order chi connectivity index (χ0) is 17.8. The van der Waals surface area contributed by atoms with E-state index in [0.29, 0.717) is 23.7 Å². The van der Waals surface area contributed by atoms with E-state index in [1.165, 1.54) is 11.8 Å². The molecule has 1 fully saturated rings. The van der Waals surface area contributed by atoms with Gasteiger partial charge in [0.25, 0.3) is 0 Å². The summed E-state index contributed by atoms with van der Waals surface area (Å²) in [7, 11) is 0. The highest BCUT2D eigenvalue weighted by molar-refractivity contribution is 8.00. The fraction of sp³-hybridized carbons (Fsp3) is 0.263. The van der Waals surface area contributed by atoms with Crippen molar-refractivity contribution in [2.45, 2.75) is 29.9 Å². The fourth-order valence-electron chi connectivity index (χ4n) is 2.74. The maximum Gasteiger partial charge on any atom is 0.237 e. The van der Waals surface area contributed by atoms with Crippen LogP contribution in [0.2, 0.25) is 5.02 Å². The molecule has 0 bridgehead atoms. The molecule has 1 unspecified atom stereocenters. The predicted molar refractivity (Wildman–Crippen MR) is 103 cm³/mol. The summed E-state index contributed by atoms with van der Waals surface area (Å²) in [6.07, 6.45) is 1.40. The molecule has 1 saturated heterocycles. The molecule has 25 heavy (non-hydrogen) atoms. The number of benzene rings is 2. The first-order chi connectivity index (χ1) is 12.1. The Morgan fingerprint density at radius 2 is 1.92 bits per heavy atom. The third-order valence-electron chi connectivity index (χ3n) is 4.04. The van der Waals surface area contributed by atoms with E-state index in [1.807, 2.05) is 55.5 Å². The Balaban J connectivity index is 1.73. The van der Waals surface area contributed by atoms with Crippen LogP contribution >= 0.6 is 23.4 Å². The molecule has 1 atom stereocenters. The van der Waals surface area contributed by atoms with Crippen LogP contribution < -0.4 is 10.2 Å². The topological polar surface area (TPSA) is 49.4 Å². The van der Waals surface area contributed by atoms with Crippen molar-refractivity contribution in [2.75, 3.05) is 16.8 Å². The highest BCUT2D eigenvalue weighted by atomic mass is 35.5. The number of hydrogen-bond donors (Lipinski definition) is 1. The lowest BCUT2D eigenvalue weighted by Gasteiger charge is -2.21. The minimum Gasteiger partial charge on any atom is -0.323 e. The SMILES string of the molecule is CC(Sc1ccccc1Cl)C(=O)Nc1ccccc1N1CCCC1=O. The molecule has 2 amide bonds. The first-order valence-electron chi connectivity index (χ1n) is 8.17. The third kappa shape index (κ3) is 4.17. The summed E-state index contributed by atoms with van der Waals surface area (Å²) < 4.78 is 0. The van der Waals surface area contributed by atoms with Crippen LogP contribution in [0.4, 0.5) is 11.4 Å². The van der Waals surface area contributed by atoms with Gasteiger partial charge in [-0.25, -0.2) is 0 Å². The summed E-state index contributed by atoms with van der Waals surface area (Å²) in [5.74, 6) is -0.0239. The van der Waals surface area contributed by atoms with Gasteiger partial charge in [0.05, 0.1) is 21.6 Å². The van der Waals surface area contributed by atoms with Crippen LogP contribution in [0.25, 0.3) is 0 Å². The van der Waals surface area contributed by atoms with Crippen molar-refractivity contribution in [3.05, 3.63) is 53.6 Å². The van der Waals surface area contributed by atoms with Crippen molar-refractivity contribution in [1.29, 1.82) is 0 Å². The quantitative estimate of drug-likeness (QED) is 0.779. The Hall–Kier alpha value is -1.98. The van der Waals surface area contributed by atoms with Crippen molar-refractivity contribution in [1.82, 2.24) is 0 Å². The van der Waals surface area contributed by atoms with Crippen LogP contribution in [-0.2, 0) is 9.59 Å². The molecule has 0 aromatic heterocycles. The summed E-state index contributed by atoms with van der Waals surface area (Å²) in [5, 5.41) is 3.27. The first-order valence-corrected chi connectivity index (χ1v) is 9.43. The number of carbonyl (C=O) groups excluding carboxylic acids is 2. The van der Waals surface area contributed by atoms with Crippen molar-refractivity contribution in [2.24, 2.45) is 0 Å². The zero-order valence-electron chi connectivity index (χ0n) is 13.9. The van der Waals surface area contributed by atoms with E-state index in [1.54, 1.807) is 4.90 Å². The van der Waals surface area contributed by atoms with Crippen LogP contribution in [0.5, 0.6) is 0 Å². The molecule has 0 aliphatic carbocycles. The third-order valence-corrected chi connectivity index (χ3v) is 5.65. The van der Waals surface area contributed by atoms with Crippen LogP contribution in [0.1, 0.15) is 19.8 Å². The van der Waals surface area contributed by atoms with E-state index in [4.69, 9.17) is 11.6 Å². The lowest BCUT2D eigenvalue weighted by Crippen LogP contribution is -2.27. The number of carbonyl (C=O) groups is 2. The molecular formula is C19H19ClN2O2S. The Morgan fingerprint density at radius 1 is 1.20 bits per heavy atom. The molecule has 130 valence electrons. The highest BCUT2D eigenvalue weighted by Crippen LogP contribution is 2.32. The number of amides is 2. The molecule has 0 radical (unpaired) electrons. The molecule has 1 aliphatic heterocycles. The van der Waals surface area contributed by atoms with Crippen LogP contribution in [0, 0.1) is 0 Å². The normalized spacial score (nSPS) is 15.3. The molecule has 4 nitrogen and oxygen atoms in total. The van der Waals surface area contributed by atoms with E-state index in [0.717, 1.165) is 17.0 Å². The van der Waals surface area contributed by atoms with Gasteiger partial charge in [0.15, 0.2) is 0 Å². The van der Waals surface area contributed by atoms with Gasteiger partial charge in [-0.15, -0.1) is 11.8 Å². The number of halogens is 1. The fourth-order valence-corrected chi connectivity index (χ4v) is 3.89. The summed E-state index contributed by atoms with van der Waals surface area (Å²) in [4.78, 5) is 27.2. The van der Waals surface area contributed by atoms with E-state index >= 15 is 0 Å². The van der Waals surface area contributed by atoms with Crippen LogP contribution in [0.15, 0.2) is 53.4 Å². The molecular weight excluding hydrogens is 356 g/mol. The standard InChI is InChI=1S/C19H19ClN2O2S/c1-13(25-17-10-5-2-7-14(17)20)19(24)21-15-8-3-4-9-16(15)22-12-6-11-18(22)23/h2-5,7-10,13H,6,11-12H2,1H3,(H,21,24). The molecule has 1 heterocycles. The second-order valence-electron chi connectivity index (χ2n) is 5.85. The van der Waals surface area contributed by atoms with Gasteiger partial charge in [-0.05, 0) is 37.6 Å². The predicted octanol–water partition coefficient (Wildman–Crippen LogP) is 4.59. The number of hydrogen-bond acceptors (Lipinski definition) is 3. The smallest absolute Gasteiger partial charge is 0.237 e. The summed E-state index contributed by atoms with van der Waals surface area (Å²) in [6.45, 7) is 2.53. The van der Waals surface area contributed by atoms with E-state index in [9.17, 15) is 9.59 Å². The lowest BCUT2D eigenvalue weighted by molar-refractivity contribution is -0.117. The van der Waals surface area contributed by atoms with Crippen molar-refractivity contribution in [3.8, 4) is 0 Å². The molecule has 2 aromatic carbocycles. The lowest BCUT2D eigenvalue weighted by atomic mass is 10.2. The van der Waals surface area contributed by atoms with Crippen LogP contribution in [-0.4, -0.2) is 23.6 Å². The maximum absolute atomic E-state index is 12.6. The number of nitrogens with one attached hydrogen (secondary N) is 1. The second kappa shape index (κ2) is 7.93. The van der Waals surface area contributed by atoms with Gasteiger partial charge in [0, 0.05) is 17.9 Å². The van der Waals surface area contributed by atoms with E-state index in [2.05, 4.69) is 5.32 Å². The van der Waals surface area contributed by atoms with Crippen molar-refractivity contribution < 1.29 is 9.59 Å². The number of anilines is 2. The van der Waals surface area contributed by atoms with Crippen molar-refractivity contribution >= 4 is 46.6 Å². The number of para-hydroxylation sites is 2. The van der Waals surface area contributed by atoms with E-state index in [-0.39, 0.29) is 17.1 Å². The monoisotopic (exact) mass is 374 g/mol. The summed E-state index contributed by atoms with van der Waals surface area (Å²) in [6, 6.07) is 14.9. The molecule has 1 N–H and O–H groups in total. The van der Waals surface area contributed by atoms with Gasteiger partial charge in [-0.3, -0.25) is 9.59 Å². The summed E-state index contributed by atoms with van der Waals surface area (Å²) >= 11 is 7.58. The molecule has 0 saturated carbocycles. The molecule has 1 aliphatic rings. The largest absolute Gasteiger partial charge is 0.323 e. The summed E-state index contributed by atoms with van der Waals surface area (Å²) in [5.41, 5.74) is 1.42. The Kier molecular flexibility index (Phi) is 5.66. The number of rotatable bonds is 5. The second-order valence-corrected chi connectivity index (χ2v) is 7.64. The average molecular weight is 375 g/mol. The highest BCUT2D eigenvalue weighted by Gasteiger charge is 2.25. The zero-order valence-corrected chi connectivity index (χ0v) is 15.4. The van der Waals surface area contributed by atoms with Gasteiger partial charge < -0.3 is 10.2 Å². The molecule has 6 heteroatoms. The first kappa shape index (κ1) is 17.8. The Labute approximate surface area is 156 Å². The van der Waals surface area contributed by atoms with Gasteiger partial charge in [0.1, 0.15) is 0 Å². The maximum atomic E-state index is 12.6. The Bertz CT molecular complexity index is 796. The minimum absolute atomic E-state index is 0.0974. The van der Waals surface area contributed by atoms with Gasteiger partial charge in [-0.1, -0.05) is 35.9 Å². The molecule has 0 spiro atoms. The number of thioether (sulfide) groups is 1. The van der Waals surface area contributed by atoms with Crippen molar-refractivity contribution in [3.63, 3.8) is 0 Å². The molecule has 3 rings (SSSR count). The van der Waals surface area contributed by atoms with E-state index < -0.39 is 0 Å².